The molecule has 1 fully saturated rings. The number of halogens is 3. The van der Waals surface area contributed by atoms with Crippen LogP contribution in [0.15, 0.2) is 53.8 Å². The van der Waals surface area contributed by atoms with E-state index in [-0.39, 0.29) is 11.9 Å². The van der Waals surface area contributed by atoms with Crippen LogP contribution in [0.3, 0.4) is 0 Å². The van der Waals surface area contributed by atoms with E-state index < -0.39 is 30.1 Å². The molecule has 3 atom stereocenters. The van der Waals surface area contributed by atoms with Crippen molar-refractivity contribution in [1.29, 1.82) is 0 Å². The van der Waals surface area contributed by atoms with E-state index in [1.165, 1.54) is 18.2 Å². The topological polar surface area (TPSA) is 147 Å². The van der Waals surface area contributed by atoms with Gasteiger partial charge in [0.15, 0.2) is 0 Å². The number of oxime groups is 1. The van der Waals surface area contributed by atoms with Gasteiger partial charge in [-0.1, -0.05) is 35.5 Å². The highest BCUT2D eigenvalue weighted by atomic mass is 19.4. The molecule has 13 heteroatoms. The standard InChI is InChI=1S/C20H23N5O3.C2HF3O2/c1-13(15-6-4-3-5-7-15)24-20(27)25-17(12-23-28-2)16(19(25)26)10-14-8-9-22-18(21)11-14;3-2(4,5)1(6)7/h3-9,11-13,16-17H,10H2,1-2H3,(H2,21,22)(H,24,27);(H,6,7)/b23-12+;/t13-,16-,17-;/m1./s1. The molecule has 0 bridgehead atoms. The maximum Gasteiger partial charge on any atom is 0.490 e. The Bertz CT molecular complexity index is 1060. The fourth-order valence-electron chi connectivity index (χ4n) is 3.26. The van der Waals surface area contributed by atoms with Crippen LogP contribution in [-0.2, 0) is 20.8 Å². The number of nitrogen functional groups attached to an aromatic ring is 1. The van der Waals surface area contributed by atoms with E-state index >= 15 is 0 Å². The minimum absolute atomic E-state index is 0.236. The SMILES string of the molecule is CO/N=C/[C@@H]1[C@@H](Cc2ccnc(N)c2)C(=O)N1C(=O)N[C@H](C)c1ccccc1.O=C(O)C(F)(F)F. The quantitative estimate of drug-likeness (QED) is 0.317. The minimum Gasteiger partial charge on any atom is -0.475 e. The molecule has 2 aromatic rings. The van der Waals surface area contributed by atoms with Gasteiger partial charge in [-0.15, -0.1) is 0 Å². The van der Waals surface area contributed by atoms with E-state index in [0.717, 1.165) is 11.1 Å². The number of likely N-dealkylation sites (tertiary alicyclic amines) is 1. The number of imide groups is 1. The second-order valence-corrected chi connectivity index (χ2v) is 7.42. The number of anilines is 1. The molecule has 1 saturated heterocycles. The van der Waals surface area contributed by atoms with Crippen molar-refractivity contribution in [2.45, 2.75) is 31.6 Å². The van der Waals surface area contributed by atoms with Crippen LogP contribution in [-0.4, -0.2) is 58.4 Å². The predicted octanol–water partition coefficient (Wildman–Crippen LogP) is 2.77. The predicted molar refractivity (Wildman–Crippen MR) is 119 cm³/mol. The summed E-state index contributed by atoms with van der Waals surface area (Å²) in [5.41, 5.74) is 7.54. The molecule has 0 aliphatic carbocycles. The van der Waals surface area contributed by atoms with E-state index in [1.807, 2.05) is 37.3 Å². The summed E-state index contributed by atoms with van der Waals surface area (Å²) in [5.74, 6) is -3.05. The Balaban J connectivity index is 0.000000540. The van der Waals surface area contributed by atoms with Crippen LogP contribution >= 0.6 is 0 Å². The second-order valence-electron chi connectivity index (χ2n) is 7.42. The van der Waals surface area contributed by atoms with Crippen molar-refractivity contribution in [3.8, 4) is 0 Å². The molecule has 10 nitrogen and oxygen atoms in total. The summed E-state index contributed by atoms with van der Waals surface area (Å²) in [6.07, 6.45) is -1.58. The van der Waals surface area contributed by atoms with Gasteiger partial charge in [-0.2, -0.15) is 13.2 Å². The number of hydrogen-bond donors (Lipinski definition) is 3. The number of carboxylic acid groups (broad SMARTS) is 1. The number of rotatable bonds is 6. The van der Waals surface area contributed by atoms with E-state index in [2.05, 4.69) is 15.5 Å². The van der Waals surface area contributed by atoms with Crippen LogP contribution in [0.1, 0.15) is 24.1 Å². The van der Waals surface area contributed by atoms with Gasteiger partial charge >= 0.3 is 18.2 Å². The van der Waals surface area contributed by atoms with Crippen molar-refractivity contribution in [3.63, 3.8) is 0 Å². The van der Waals surface area contributed by atoms with Gasteiger partial charge in [0.05, 0.1) is 24.2 Å². The summed E-state index contributed by atoms with van der Waals surface area (Å²) in [5, 5.41) is 13.8. The number of benzene rings is 1. The minimum atomic E-state index is -5.08. The summed E-state index contributed by atoms with van der Waals surface area (Å²) in [6, 6.07) is 11.9. The number of amides is 3. The molecule has 3 amide bonds. The molecule has 35 heavy (non-hydrogen) atoms. The molecule has 0 unspecified atom stereocenters. The number of urea groups is 1. The van der Waals surface area contributed by atoms with Crippen LogP contribution in [0.25, 0.3) is 0 Å². The number of nitrogens with one attached hydrogen (secondary N) is 1. The Kier molecular flexibility index (Phi) is 9.14. The molecule has 1 aromatic carbocycles. The van der Waals surface area contributed by atoms with Crippen molar-refractivity contribution < 1.29 is 37.5 Å². The molecule has 1 aliphatic rings. The average Bonchev–Trinajstić information content (AvgIpc) is 2.80. The Morgan fingerprint density at radius 3 is 2.49 bits per heavy atom. The number of pyridine rings is 1. The number of nitrogens with zero attached hydrogens (tertiary/aromatic N) is 3. The third-order valence-corrected chi connectivity index (χ3v) is 4.99. The first-order chi connectivity index (χ1) is 16.5. The first-order valence-electron chi connectivity index (χ1n) is 10.2. The first kappa shape index (κ1) is 27.1. The average molecular weight is 495 g/mol. The van der Waals surface area contributed by atoms with Crippen LogP contribution in [0, 0.1) is 5.92 Å². The summed E-state index contributed by atoms with van der Waals surface area (Å²) in [7, 11) is 1.41. The van der Waals surface area contributed by atoms with Gasteiger partial charge < -0.3 is 21.0 Å². The maximum atomic E-state index is 12.7. The number of carbonyl (C=O) groups is 3. The highest BCUT2D eigenvalue weighted by Gasteiger charge is 2.50. The number of carboxylic acids is 1. The summed E-state index contributed by atoms with van der Waals surface area (Å²) in [4.78, 5) is 44.2. The summed E-state index contributed by atoms with van der Waals surface area (Å²) in [6.45, 7) is 1.87. The molecule has 0 saturated carbocycles. The zero-order valence-electron chi connectivity index (χ0n) is 18.8. The fourth-order valence-corrected chi connectivity index (χ4v) is 3.26. The zero-order chi connectivity index (χ0) is 26.2. The monoisotopic (exact) mass is 495 g/mol. The van der Waals surface area contributed by atoms with Crippen LogP contribution in [0.4, 0.5) is 23.8 Å². The Morgan fingerprint density at radius 1 is 1.31 bits per heavy atom. The van der Waals surface area contributed by atoms with Crippen molar-refractivity contribution in [2.24, 2.45) is 11.1 Å². The molecule has 0 radical (unpaired) electrons. The summed E-state index contributed by atoms with van der Waals surface area (Å²) < 4.78 is 31.7. The van der Waals surface area contributed by atoms with E-state index in [4.69, 9.17) is 20.5 Å². The largest absolute Gasteiger partial charge is 0.490 e. The first-order valence-corrected chi connectivity index (χ1v) is 10.2. The number of β-lactam (4-membered cyclic amide) rings is 1. The van der Waals surface area contributed by atoms with Gasteiger partial charge in [0.1, 0.15) is 12.9 Å². The van der Waals surface area contributed by atoms with Crippen molar-refractivity contribution in [3.05, 3.63) is 59.8 Å². The Labute approximate surface area is 198 Å². The highest BCUT2D eigenvalue weighted by molar-refractivity contribution is 6.06. The van der Waals surface area contributed by atoms with Gasteiger partial charge in [0.2, 0.25) is 5.91 Å². The summed E-state index contributed by atoms with van der Waals surface area (Å²) >= 11 is 0. The smallest absolute Gasteiger partial charge is 0.475 e. The van der Waals surface area contributed by atoms with Crippen LogP contribution < -0.4 is 11.1 Å². The van der Waals surface area contributed by atoms with Crippen LogP contribution in [0.2, 0.25) is 0 Å². The fraction of sp³-hybridized carbons (Fsp3) is 0.318. The number of alkyl halides is 3. The maximum absolute atomic E-state index is 12.7. The van der Waals surface area contributed by atoms with Crippen LogP contribution in [0.5, 0.6) is 0 Å². The van der Waals surface area contributed by atoms with E-state index in [0.29, 0.717) is 12.2 Å². The van der Waals surface area contributed by atoms with Gasteiger partial charge in [-0.3, -0.25) is 9.69 Å². The second kappa shape index (κ2) is 11.8. The molecule has 1 aliphatic heterocycles. The zero-order valence-corrected chi connectivity index (χ0v) is 18.8. The number of aliphatic carboxylic acids is 1. The van der Waals surface area contributed by atoms with Crippen molar-refractivity contribution >= 4 is 29.9 Å². The Hall–Kier alpha value is -4.16. The van der Waals surface area contributed by atoms with Crippen molar-refractivity contribution in [2.75, 3.05) is 12.8 Å². The normalized spacial score (nSPS) is 18.2. The molecule has 1 aromatic heterocycles. The van der Waals surface area contributed by atoms with Crippen molar-refractivity contribution in [1.82, 2.24) is 15.2 Å². The third-order valence-electron chi connectivity index (χ3n) is 4.99. The number of aromatic nitrogens is 1. The molecule has 2 heterocycles. The molecule has 3 rings (SSSR count). The molecular formula is C22H24F3N5O5. The van der Waals surface area contributed by atoms with Gasteiger partial charge in [0.25, 0.3) is 0 Å². The van der Waals surface area contributed by atoms with Gasteiger partial charge in [0, 0.05) is 6.20 Å². The van der Waals surface area contributed by atoms with Gasteiger partial charge in [-0.25, -0.2) is 14.6 Å². The van der Waals surface area contributed by atoms with E-state index in [9.17, 15) is 22.8 Å². The highest BCUT2D eigenvalue weighted by Crippen LogP contribution is 2.30. The Morgan fingerprint density at radius 2 is 1.94 bits per heavy atom. The number of carbonyl (C=O) groups excluding carboxylic acids is 2. The number of nitrogens with two attached hydrogens (primary N) is 1. The lowest BCUT2D eigenvalue weighted by molar-refractivity contribution is -0.192. The lowest BCUT2D eigenvalue weighted by atomic mass is 9.83. The lowest BCUT2D eigenvalue weighted by Crippen LogP contribution is -2.66. The molecule has 4 N–H and O–H groups in total. The molecular weight excluding hydrogens is 471 g/mol. The lowest BCUT2D eigenvalue weighted by Gasteiger charge is -2.43. The third kappa shape index (κ3) is 7.42. The number of hydrogen-bond acceptors (Lipinski definition) is 7. The van der Waals surface area contributed by atoms with Gasteiger partial charge in [-0.05, 0) is 36.6 Å². The van der Waals surface area contributed by atoms with E-state index in [1.54, 1.807) is 18.3 Å². The molecule has 0 spiro atoms. The molecule has 188 valence electrons.